The van der Waals surface area contributed by atoms with Gasteiger partial charge < -0.3 is 15.2 Å². The second-order valence-corrected chi connectivity index (χ2v) is 3.52. The zero-order valence-electron chi connectivity index (χ0n) is 9.93. The maximum atomic E-state index is 12.8. The first kappa shape index (κ1) is 14.3. The molecule has 0 aliphatic heterocycles. The van der Waals surface area contributed by atoms with Gasteiger partial charge >= 0.3 is 0 Å². The molecule has 1 aromatic rings. The Kier molecular flexibility index (Phi) is 6.68. The van der Waals surface area contributed by atoms with Crippen molar-refractivity contribution in [1.82, 2.24) is 5.32 Å². The fourth-order valence-electron chi connectivity index (χ4n) is 1.25. The zero-order valence-corrected chi connectivity index (χ0v) is 9.93. The van der Waals surface area contributed by atoms with Gasteiger partial charge in [-0.2, -0.15) is 0 Å². The molecule has 0 atom stereocenters. The van der Waals surface area contributed by atoms with Crippen molar-refractivity contribution >= 4 is 12.0 Å². The van der Waals surface area contributed by atoms with Crippen LogP contribution in [0.3, 0.4) is 0 Å². The molecule has 0 aliphatic carbocycles. The second-order valence-electron chi connectivity index (χ2n) is 3.52. The van der Waals surface area contributed by atoms with E-state index in [0.717, 1.165) is 0 Å². The van der Waals surface area contributed by atoms with E-state index in [2.05, 4.69) is 5.32 Å². The highest BCUT2D eigenvalue weighted by atomic mass is 19.1. The Labute approximate surface area is 105 Å². The van der Waals surface area contributed by atoms with Crippen LogP contribution < -0.4 is 5.32 Å². The summed E-state index contributed by atoms with van der Waals surface area (Å²) in [5.74, 6) is -0.609. The number of hydrogen-bond acceptors (Lipinski definition) is 3. The molecule has 0 aliphatic rings. The summed E-state index contributed by atoms with van der Waals surface area (Å²) in [6.45, 7) is 0.939. The van der Waals surface area contributed by atoms with Crippen LogP contribution in [0.2, 0.25) is 0 Å². The Morgan fingerprint density at radius 3 is 3.00 bits per heavy atom. The SMILES string of the molecule is O=C(/C=C/c1cccc(F)c1)NCCOCCO. The van der Waals surface area contributed by atoms with E-state index in [0.29, 0.717) is 18.7 Å². The standard InChI is InChI=1S/C13H16FNO3/c14-12-3-1-2-11(10-12)4-5-13(17)15-6-8-18-9-7-16/h1-5,10,16H,6-9H2,(H,15,17)/b5-4+. The average molecular weight is 253 g/mol. The predicted molar refractivity (Wildman–Crippen MR) is 66.3 cm³/mol. The number of benzene rings is 1. The van der Waals surface area contributed by atoms with E-state index in [-0.39, 0.29) is 24.9 Å². The fraction of sp³-hybridized carbons (Fsp3) is 0.308. The van der Waals surface area contributed by atoms with Crippen LogP contribution in [-0.2, 0) is 9.53 Å². The third-order valence-electron chi connectivity index (χ3n) is 2.06. The highest BCUT2D eigenvalue weighted by molar-refractivity contribution is 5.91. The van der Waals surface area contributed by atoms with Gasteiger partial charge in [0, 0.05) is 12.6 Å². The normalized spacial score (nSPS) is 10.8. The molecule has 1 amide bonds. The number of rotatable bonds is 7. The molecule has 0 saturated carbocycles. The fourth-order valence-corrected chi connectivity index (χ4v) is 1.25. The number of nitrogens with one attached hydrogen (secondary N) is 1. The maximum Gasteiger partial charge on any atom is 0.244 e. The van der Waals surface area contributed by atoms with Gasteiger partial charge in [-0.1, -0.05) is 12.1 Å². The minimum absolute atomic E-state index is 0.0343. The third kappa shape index (κ3) is 6.12. The molecule has 0 bridgehead atoms. The molecule has 0 heterocycles. The highest BCUT2D eigenvalue weighted by Gasteiger charge is 1.95. The van der Waals surface area contributed by atoms with Crippen LogP contribution in [0, 0.1) is 5.82 Å². The van der Waals surface area contributed by atoms with E-state index in [4.69, 9.17) is 9.84 Å². The summed E-state index contributed by atoms with van der Waals surface area (Å²) >= 11 is 0. The van der Waals surface area contributed by atoms with Gasteiger partial charge in [0.15, 0.2) is 0 Å². The number of carbonyl (C=O) groups is 1. The summed E-state index contributed by atoms with van der Waals surface area (Å²) in [6.07, 6.45) is 2.87. The molecule has 5 heteroatoms. The van der Waals surface area contributed by atoms with E-state index in [1.807, 2.05) is 0 Å². The summed E-state index contributed by atoms with van der Waals surface area (Å²) < 4.78 is 17.8. The van der Waals surface area contributed by atoms with Crippen molar-refractivity contribution in [3.8, 4) is 0 Å². The van der Waals surface area contributed by atoms with Crippen molar-refractivity contribution in [3.05, 3.63) is 41.7 Å². The molecule has 1 aromatic carbocycles. The van der Waals surface area contributed by atoms with Gasteiger partial charge in [0.1, 0.15) is 5.82 Å². The lowest BCUT2D eigenvalue weighted by Gasteiger charge is -2.02. The topological polar surface area (TPSA) is 58.6 Å². The van der Waals surface area contributed by atoms with E-state index in [9.17, 15) is 9.18 Å². The number of ether oxygens (including phenoxy) is 1. The van der Waals surface area contributed by atoms with Crippen LogP contribution in [0.25, 0.3) is 6.08 Å². The van der Waals surface area contributed by atoms with Crippen molar-refractivity contribution in [1.29, 1.82) is 0 Å². The van der Waals surface area contributed by atoms with Gasteiger partial charge in [-0.25, -0.2) is 4.39 Å². The smallest absolute Gasteiger partial charge is 0.244 e. The largest absolute Gasteiger partial charge is 0.394 e. The lowest BCUT2D eigenvalue weighted by atomic mass is 10.2. The van der Waals surface area contributed by atoms with Crippen LogP contribution in [0.1, 0.15) is 5.56 Å². The Balaban J connectivity index is 2.27. The average Bonchev–Trinajstić information content (AvgIpc) is 2.36. The van der Waals surface area contributed by atoms with Gasteiger partial charge in [0.05, 0.1) is 19.8 Å². The monoisotopic (exact) mass is 253 g/mol. The van der Waals surface area contributed by atoms with Gasteiger partial charge in [-0.05, 0) is 23.8 Å². The molecule has 0 spiro atoms. The molecule has 0 fully saturated rings. The number of carbonyl (C=O) groups excluding carboxylic acids is 1. The van der Waals surface area contributed by atoms with Crippen LogP contribution >= 0.6 is 0 Å². The maximum absolute atomic E-state index is 12.8. The highest BCUT2D eigenvalue weighted by Crippen LogP contribution is 2.04. The minimum atomic E-state index is -0.338. The molecule has 0 aromatic heterocycles. The Bertz CT molecular complexity index is 407. The van der Waals surface area contributed by atoms with Crippen LogP contribution in [-0.4, -0.2) is 37.4 Å². The number of amides is 1. The number of hydrogen-bond donors (Lipinski definition) is 2. The molecular weight excluding hydrogens is 237 g/mol. The van der Waals surface area contributed by atoms with Crippen LogP contribution in [0.5, 0.6) is 0 Å². The molecule has 2 N–H and O–H groups in total. The first-order chi connectivity index (χ1) is 8.72. The molecule has 4 nitrogen and oxygen atoms in total. The zero-order chi connectivity index (χ0) is 13.2. The molecule has 0 saturated heterocycles. The molecule has 0 unspecified atom stereocenters. The predicted octanol–water partition coefficient (Wildman–Crippen LogP) is 0.964. The Morgan fingerprint density at radius 2 is 2.28 bits per heavy atom. The quantitative estimate of drug-likeness (QED) is 0.562. The van der Waals surface area contributed by atoms with Gasteiger partial charge in [-0.3, -0.25) is 4.79 Å². The second kappa shape index (κ2) is 8.38. The number of halogens is 1. The van der Waals surface area contributed by atoms with Gasteiger partial charge in [0.25, 0.3) is 0 Å². The van der Waals surface area contributed by atoms with Crippen molar-refractivity contribution in [2.24, 2.45) is 0 Å². The van der Waals surface area contributed by atoms with Crippen molar-refractivity contribution in [2.75, 3.05) is 26.4 Å². The Morgan fingerprint density at radius 1 is 1.44 bits per heavy atom. The summed E-state index contributed by atoms with van der Waals surface area (Å²) in [5, 5.41) is 11.1. The van der Waals surface area contributed by atoms with E-state index < -0.39 is 0 Å². The van der Waals surface area contributed by atoms with E-state index in [1.165, 1.54) is 24.3 Å². The Hall–Kier alpha value is -1.72. The van der Waals surface area contributed by atoms with Crippen LogP contribution in [0.4, 0.5) is 4.39 Å². The van der Waals surface area contributed by atoms with Crippen LogP contribution in [0.15, 0.2) is 30.3 Å². The first-order valence-electron chi connectivity index (χ1n) is 5.62. The summed E-state index contributed by atoms with van der Waals surface area (Å²) in [5.41, 5.74) is 0.627. The molecule has 1 rings (SSSR count). The lowest BCUT2D eigenvalue weighted by molar-refractivity contribution is -0.116. The molecule has 0 radical (unpaired) electrons. The minimum Gasteiger partial charge on any atom is -0.394 e. The summed E-state index contributed by atoms with van der Waals surface area (Å²) in [6, 6.07) is 5.97. The van der Waals surface area contributed by atoms with Gasteiger partial charge in [-0.15, -0.1) is 0 Å². The molecule has 18 heavy (non-hydrogen) atoms. The molecular formula is C13H16FNO3. The van der Waals surface area contributed by atoms with Gasteiger partial charge in [0.2, 0.25) is 5.91 Å². The van der Waals surface area contributed by atoms with E-state index >= 15 is 0 Å². The van der Waals surface area contributed by atoms with Crippen molar-refractivity contribution < 1.29 is 19.0 Å². The first-order valence-corrected chi connectivity index (χ1v) is 5.62. The molecule has 98 valence electrons. The van der Waals surface area contributed by atoms with E-state index in [1.54, 1.807) is 12.1 Å². The number of aliphatic hydroxyl groups is 1. The lowest BCUT2D eigenvalue weighted by Crippen LogP contribution is -2.25. The number of aliphatic hydroxyl groups excluding tert-OH is 1. The summed E-state index contributed by atoms with van der Waals surface area (Å²) in [4.78, 5) is 11.3. The third-order valence-corrected chi connectivity index (χ3v) is 2.06. The van der Waals surface area contributed by atoms with Crippen molar-refractivity contribution in [2.45, 2.75) is 0 Å². The van der Waals surface area contributed by atoms with Crippen molar-refractivity contribution in [3.63, 3.8) is 0 Å². The summed E-state index contributed by atoms with van der Waals surface area (Å²) in [7, 11) is 0.